The molecule has 2 N–H and O–H groups in total. The number of halogens is 2. The van der Waals surface area contributed by atoms with Crippen LogP contribution in [0.1, 0.15) is 49.9 Å². The second kappa shape index (κ2) is 11.9. The third kappa shape index (κ3) is 6.35. The van der Waals surface area contributed by atoms with Crippen molar-refractivity contribution in [2.45, 2.75) is 38.5 Å². The Hall–Kier alpha value is -3.74. The summed E-state index contributed by atoms with van der Waals surface area (Å²) in [7, 11) is 0. The van der Waals surface area contributed by atoms with Gasteiger partial charge in [-0.25, -0.2) is 0 Å². The maximum atomic E-state index is 9.64. The summed E-state index contributed by atoms with van der Waals surface area (Å²) in [6, 6.07) is 34.5. The van der Waals surface area contributed by atoms with Crippen molar-refractivity contribution in [3.8, 4) is 34.5 Å². The van der Waals surface area contributed by atoms with Crippen LogP contribution in [0.5, 0.6) is 34.5 Å². The maximum Gasteiger partial charge on any atom is 0.143 e. The monoisotopic (exact) mass is 686 g/mol. The van der Waals surface area contributed by atoms with E-state index in [1.54, 1.807) is 24.3 Å². The Bertz CT molecular complexity index is 1550. The van der Waals surface area contributed by atoms with Crippen LogP contribution in [-0.4, -0.2) is 10.2 Å². The third-order valence-electron chi connectivity index (χ3n) is 7.77. The van der Waals surface area contributed by atoms with Crippen molar-refractivity contribution in [2.24, 2.45) is 0 Å². The molecule has 4 nitrogen and oxygen atoms in total. The third-order valence-corrected chi connectivity index (χ3v) is 9.01. The van der Waals surface area contributed by atoms with Gasteiger partial charge < -0.3 is 19.7 Å². The van der Waals surface area contributed by atoms with Gasteiger partial charge in [-0.1, -0.05) is 76.2 Å². The lowest BCUT2D eigenvalue weighted by atomic mass is 9.78. The minimum atomic E-state index is -0.228. The quantitative estimate of drug-likeness (QED) is 0.170. The number of hydrogen-bond acceptors (Lipinski definition) is 4. The van der Waals surface area contributed by atoms with Crippen molar-refractivity contribution < 1.29 is 19.7 Å². The highest BCUT2D eigenvalue weighted by Crippen LogP contribution is 2.41. The van der Waals surface area contributed by atoms with Gasteiger partial charge in [0.2, 0.25) is 0 Å². The van der Waals surface area contributed by atoms with Crippen molar-refractivity contribution in [3.05, 3.63) is 140 Å². The molecule has 0 fully saturated rings. The first kappa shape index (κ1) is 29.7. The topological polar surface area (TPSA) is 58.9 Å². The Balaban J connectivity index is 1.28. The van der Waals surface area contributed by atoms with Gasteiger partial charge >= 0.3 is 0 Å². The lowest BCUT2D eigenvalue weighted by Crippen LogP contribution is -2.18. The molecular weight excluding hydrogens is 656 g/mol. The van der Waals surface area contributed by atoms with Crippen LogP contribution in [-0.2, 0) is 10.8 Å². The molecule has 214 valence electrons. The van der Waals surface area contributed by atoms with E-state index in [1.807, 2.05) is 60.7 Å². The molecule has 0 aliphatic carbocycles. The predicted octanol–water partition coefficient (Wildman–Crippen LogP) is 10.9. The summed E-state index contributed by atoms with van der Waals surface area (Å²) >= 11 is 7.28. The molecule has 5 rings (SSSR count). The van der Waals surface area contributed by atoms with Gasteiger partial charge in [-0.05, 0) is 115 Å². The summed E-state index contributed by atoms with van der Waals surface area (Å²) in [5, 5.41) is 19.3. The van der Waals surface area contributed by atoms with Crippen molar-refractivity contribution in [2.75, 3.05) is 0 Å². The van der Waals surface area contributed by atoms with Gasteiger partial charge in [0.05, 0.1) is 8.95 Å². The van der Waals surface area contributed by atoms with Crippen LogP contribution in [0.15, 0.2) is 118 Å². The van der Waals surface area contributed by atoms with Gasteiger partial charge in [0, 0.05) is 10.8 Å². The maximum absolute atomic E-state index is 9.64. The Kier molecular flexibility index (Phi) is 8.40. The molecule has 0 saturated heterocycles. The summed E-state index contributed by atoms with van der Waals surface area (Å²) in [6.07, 6.45) is 0. The van der Waals surface area contributed by atoms with Gasteiger partial charge in [-0.15, -0.1) is 0 Å². The Morgan fingerprint density at radius 3 is 1.00 bits per heavy atom. The SMILES string of the molecule is CC(C)(c1ccc(O)cc1)c1ccc(Oc2cc(Br)c(Oc3ccc(C(C)(C)c4ccc(O)cc4)cc3)cc2Br)cc1. The fourth-order valence-corrected chi connectivity index (χ4v) is 5.70. The molecule has 0 aliphatic rings. The number of benzene rings is 5. The van der Waals surface area contributed by atoms with Crippen molar-refractivity contribution in [1.82, 2.24) is 0 Å². The number of hydrogen-bond donors (Lipinski definition) is 2. The first-order valence-electron chi connectivity index (χ1n) is 13.6. The molecule has 0 amide bonds. The average Bonchev–Trinajstić information content (AvgIpc) is 2.97. The zero-order valence-electron chi connectivity index (χ0n) is 23.9. The lowest BCUT2D eigenvalue weighted by molar-refractivity contribution is 0.463. The highest BCUT2D eigenvalue weighted by molar-refractivity contribution is 9.11. The molecular formula is C36H32Br2O4. The number of phenols is 2. The first-order valence-corrected chi connectivity index (χ1v) is 15.2. The molecule has 0 unspecified atom stereocenters. The van der Waals surface area contributed by atoms with E-state index in [1.165, 1.54) is 0 Å². The van der Waals surface area contributed by atoms with Gasteiger partial charge in [0.1, 0.15) is 34.5 Å². The normalized spacial score (nSPS) is 11.8. The number of rotatable bonds is 8. The summed E-state index contributed by atoms with van der Waals surface area (Å²) in [6.45, 7) is 8.63. The molecule has 0 radical (unpaired) electrons. The molecule has 0 spiro atoms. The summed E-state index contributed by atoms with van der Waals surface area (Å²) in [4.78, 5) is 0. The van der Waals surface area contributed by atoms with Crippen LogP contribution in [0.2, 0.25) is 0 Å². The van der Waals surface area contributed by atoms with E-state index in [0.29, 0.717) is 23.0 Å². The summed E-state index contributed by atoms with van der Waals surface area (Å²) in [5.74, 6) is 3.27. The fourth-order valence-electron chi connectivity index (χ4n) is 4.89. The second-order valence-corrected chi connectivity index (χ2v) is 13.0. The molecule has 5 aromatic carbocycles. The van der Waals surface area contributed by atoms with E-state index in [4.69, 9.17) is 9.47 Å². The smallest absolute Gasteiger partial charge is 0.143 e. The van der Waals surface area contributed by atoms with Crippen LogP contribution in [0.4, 0.5) is 0 Å². The standard InChI is InChI=1S/C36H32Br2O4/c1-35(2,23-5-13-27(39)14-6-23)25-9-17-29(18-10-25)41-33-21-32(38)34(22-31(33)37)42-30-19-11-26(12-20-30)36(3,4)24-7-15-28(40)16-8-24/h5-22,39-40H,1-4H3. The molecule has 5 aromatic rings. The van der Waals surface area contributed by atoms with Gasteiger partial charge in [0.25, 0.3) is 0 Å². The zero-order valence-corrected chi connectivity index (χ0v) is 27.0. The molecule has 0 aliphatic heterocycles. The lowest BCUT2D eigenvalue weighted by Gasteiger charge is -2.26. The average molecular weight is 688 g/mol. The second-order valence-electron chi connectivity index (χ2n) is 11.3. The van der Waals surface area contributed by atoms with Crippen LogP contribution in [0, 0.1) is 0 Å². The van der Waals surface area contributed by atoms with Gasteiger partial charge in [-0.2, -0.15) is 0 Å². The molecule has 0 saturated carbocycles. The zero-order chi connectivity index (χ0) is 30.1. The molecule has 0 atom stereocenters. The first-order chi connectivity index (χ1) is 19.9. The van der Waals surface area contributed by atoms with Crippen LogP contribution >= 0.6 is 31.9 Å². The number of aromatic hydroxyl groups is 2. The number of ether oxygens (including phenoxy) is 2. The van der Waals surface area contributed by atoms with Crippen molar-refractivity contribution in [1.29, 1.82) is 0 Å². The van der Waals surface area contributed by atoms with Crippen molar-refractivity contribution >= 4 is 31.9 Å². The largest absolute Gasteiger partial charge is 0.508 e. The van der Waals surface area contributed by atoms with Crippen LogP contribution < -0.4 is 9.47 Å². The highest BCUT2D eigenvalue weighted by Gasteiger charge is 2.24. The van der Waals surface area contributed by atoms with E-state index >= 15 is 0 Å². The molecule has 0 bridgehead atoms. The molecule has 42 heavy (non-hydrogen) atoms. The Morgan fingerprint density at radius 2 is 0.714 bits per heavy atom. The van der Waals surface area contributed by atoms with E-state index in [0.717, 1.165) is 31.2 Å². The summed E-state index contributed by atoms with van der Waals surface area (Å²) < 4.78 is 13.9. The molecule has 6 heteroatoms. The van der Waals surface area contributed by atoms with Gasteiger partial charge in [-0.3, -0.25) is 0 Å². The Morgan fingerprint density at radius 1 is 0.452 bits per heavy atom. The van der Waals surface area contributed by atoms with Crippen molar-refractivity contribution in [3.63, 3.8) is 0 Å². The fraction of sp³-hybridized carbons (Fsp3) is 0.167. The van der Waals surface area contributed by atoms with E-state index < -0.39 is 0 Å². The van der Waals surface area contributed by atoms with Crippen LogP contribution in [0.25, 0.3) is 0 Å². The Labute approximate surface area is 263 Å². The molecule has 0 aromatic heterocycles. The number of phenolic OH excluding ortho intramolecular Hbond substituents is 2. The van der Waals surface area contributed by atoms with E-state index in [2.05, 4.69) is 83.8 Å². The van der Waals surface area contributed by atoms with E-state index in [9.17, 15) is 10.2 Å². The highest BCUT2D eigenvalue weighted by atomic mass is 79.9. The van der Waals surface area contributed by atoms with Gasteiger partial charge in [0.15, 0.2) is 0 Å². The minimum Gasteiger partial charge on any atom is -0.508 e. The van der Waals surface area contributed by atoms with Crippen LogP contribution in [0.3, 0.4) is 0 Å². The summed E-state index contributed by atoms with van der Waals surface area (Å²) in [5.41, 5.74) is 4.06. The van der Waals surface area contributed by atoms with E-state index in [-0.39, 0.29) is 22.3 Å². The predicted molar refractivity (Wildman–Crippen MR) is 175 cm³/mol. The minimum absolute atomic E-state index is 0.228. The molecule has 0 heterocycles.